The molecular formula is C6H12FNO. The molecule has 0 saturated carbocycles. The predicted octanol–water partition coefficient (Wildman–Crippen LogP) is 0.0688. The maximum Gasteiger partial charge on any atom is 0.138 e. The molecule has 2 N–H and O–H groups in total. The molecule has 0 aliphatic carbocycles. The van der Waals surface area contributed by atoms with Crippen LogP contribution in [0.25, 0.3) is 0 Å². The minimum absolute atomic E-state index is 0.307. The van der Waals surface area contributed by atoms with Gasteiger partial charge in [0.1, 0.15) is 6.17 Å². The number of hydrogen-bond donors (Lipinski definition) is 2. The van der Waals surface area contributed by atoms with E-state index in [-0.39, 0.29) is 0 Å². The lowest BCUT2D eigenvalue weighted by Crippen LogP contribution is -2.28. The molecule has 1 fully saturated rings. The van der Waals surface area contributed by atoms with E-state index in [1.807, 2.05) is 0 Å². The van der Waals surface area contributed by atoms with Crippen LogP contribution in [0.1, 0.15) is 12.8 Å². The van der Waals surface area contributed by atoms with Crippen LogP contribution in [-0.4, -0.2) is 30.5 Å². The average Bonchev–Trinajstić information content (AvgIpc) is 1.99. The van der Waals surface area contributed by atoms with E-state index in [1.54, 1.807) is 0 Å². The van der Waals surface area contributed by atoms with Gasteiger partial charge >= 0.3 is 0 Å². The number of rotatable bonds is 0. The molecule has 3 heteroatoms. The fourth-order valence-electron chi connectivity index (χ4n) is 0.993. The van der Waals surface area contributed by atoms with E-state index in [4.69, 9.17) is 5.11 Å². The zero-order chi connectivity index (χ0) is 6.69. The van der Waals surface area contributed by atoms with Crippen LogP contribution in [0.3, 0.4) is 0 Å². The monoisotopic (exact) mass is 133 g/mol. The third-order valence-corrected chi connectivity index (χ3v) is 1.61. The number of alkyl halides is 1. The van der Waals surface area contributed by atoms with E-state index in [0.717, 1.165) is 13.0 Å². The fraction of sp³-hybridized carbons (Fsp3) is 1.00. The van der Waals surface area contributed by atoms with E-state index in [2.05, 4.69) is 5.32 Å². The lowest BCUT2D eigenvalue weighted by molar-refractivity contribution is 0.0787. The summed E-state index contributed by atoms with van der Waals surface area (Å²) < 4.78 is 12.5. The summed E-state index contributed by atoms with van der Waals surface area (Å²) in [7, 11) is 0. The Bertz CT molecular complexity index is 79.1. The summed E-state index contributed by atoms with van der Waals surface area (Å²) in [5.74, 6) is 0. The standard InChI is InChI=1S/C6H12FNO/c7-5-4-8-3-1-2-6(5)9/h5-6,8-9H,1-4H2/t5-,6-/m1/s1. The van der Waals surface area contributed by atoms with Crippen molar-refractivity contribution in [3.05, 3.63) is 0 Å². The molecule has 0 aromatic rings. The molecule has 0 radical (unpaired) electrons. The van der Waals surface area contributed by atoms with Gasteiger partial charge in [-0.3, -0.25) is 0 Å². The summed E-state index contributed by atoms with van der Waals surface area (Å²) in [6.07, 6.45) is -0.331. The summed E-state index contributed by atoms with van der Waals surface area (Å²) in [5.41, 5.74) is 0. The van der Waals surface area contributed by atoms with Crippen molar-refractivity contribution in [2.24, 2.45) is 0 Å². The first-order chi connectivity index (χ1) is 4.30. The molecule has 0 aromatic heterocycles. The Morgan fingerprint density at radius 3 is 3.11 bits per heavy atom. The van der Waals surface area contributed by atoms with Crippen molar-refractivity contribution >= 4 is 0 Å². The highest BCUT2D eigenvalue weighted by Gasteiger charge is 2.19. The molecule has 1 saturated heterocycles. The molecule has 0 spiro atoms. The van der Waals surface area contributed by atoms with Crippen LogP contribution in [0.2, 0.25) is 0 Å². The molecule has 9 heavy (non-hydrogen) atoms. The zero-order valence-electron chi connectivity index (χ0n) is 5.31. The first-order valence-electron chi connectivity index (χ1n) is 3.33. The van der Waals surface area contributed by atoms with Gasteiger partial charge in [0.25, 0.3) is 0 Å². The second-order valence-corrected chi connectivity index (χ2v) is 2.43. The number of nitrogens with one attached hydrogen (secondary N) is 1. The molecule has 1 heterocycles. The average molecular weight is 133 g/mol. The Labute approximate surface area is 54.1 Å². The Balaban J connectivity index is 2.32. The lowest BCUT2D eigenvalue weighted by atomic mass is 10.1. The number of hydrogen-bond acceptors (Lipinski definition) is 2. The largest absolute Gasteiger partial charge is 0.390 e. The third kappa shape index (κ3) is 1.91. The van der Waals surface area contributed by atoms with Gasteiger partial charge in [0, 0.05) is 6.54 Å². The van der Waals surface area contributed by atoms with Gasteiger partial charge in [-0.05, 0) is 19.4 Å². The van der Waals surface area contributed by atoms with Crippen LogP contribution in [0.5, 0.6) is 0 Å². The van der Waals surface area contributed by atoms with E-state index < -0.39 is 12.3 Å². The Kier molecular flexibility index (Phi) is 2.42. The number of aliphatic hydroxyl groups is 1. The summed E-state index contributed by atoms with van der Waals surface area (Å²) in [5, 5.41) is 11.8. The van der Waals surface area contributed by atoms with E-state index in [0.29, 0.717) is 13.0 Å². The van der Waals surface area contributed by atoms with Gasteiger partial charge in [-0.2, -0.15) is 0 Å². The Hall–Kier alpha value is -0.150. The molecule has 2 nitrogen and oxygen atoms in total. The summed E-state index contributed by atoms with van der Waals surface area (Å²) in [6, 6.07) is 0. The van der Waals surface area contributed by atoms with Gasteiger partial charge in [0.05, 0.1) is 6.10 Å². The van der Waals surface area contributed by atoms with Crippen molar-refractivity contribution in [3.8, 4) is 0 Å². The zero-order valence-corrected chi connectivity index (χ0v) is 5.31. The first kappa shape index (κ1) is 6.96. The van der Waals surface area contributed by atoms with Gasteiger partial charge in [0.2, 0.25) is 0 Å². The van der Waals surface area contributed by atoms with Gasteiger partial charge in [-0.15, -0.1) is 0 Å². The van der Waals surface area contributed by atoms with Crippen molar-refractivity contribution in [2.45, 2.75) is 25.1 Å². The van der Waals surface area contributed by atoms with E-state index in [9.17, 15) is 4.39 Å². The van der Waals surface area contributed by atoms with Crippen molar-refractivity contribution in [1.29, 1.82) is 0 Å². The van der Waals surface area contributed by atoms with Gasteiger partial charge < -0.3 is 10.4 Å². The quantitative estimate of drug-likeness (QED) is 0.490. The van der Waals surface area contributed by atoms with Crippen LogP contribution in [-0.2, 0) is 0 Å². The highest BCUT2D eigenvalue weighted by Crippen LogP contribution is 2.07. The van der Waals surface area contributed by atoms with Gasteiger partial charge in [0.15, 0.2) is 0 Å². The SMILES string of the molecule is O[C@@H]1CCCNC[C@H]1F. The second-order valence-electron chi connectivity index (χ2n) is 2.43. The molecule has 54 valence electrons. The number of halogens is 1. The van der Waals surface area contributed by atoms with Crippen LogP contribution in [0.15, 0.2) is 0 Å². The maximum atomic E-state index is 12.5. The Morgan fingerprint density at radius 2 is 2.33 bits per heavy atom. The third-order valence-electron chi connectivity index (χ3n) is 1.61. The summed E-state index contributed by atoms with van der Waals surface area (Å²) in [6.45, 7) is 1.14. The molecule has 0 unspecified atom stereocenters. The number of aliphatic hydroxyl groups excluding tert-OH is 1. The topological polar surface area (TPSA) is 32.3 Å². The van der Waals surface area contributed by atoms with Crippen LogP contribution in [0, 0.1) is 0 Å². The minimum atomic E-state index is -1.06. The molecule has 0 amide bonds. The van der Waals surface area contributed by atoms with E-state index in [1.165, 1.54) is 0 Å². The smallest absolute Gasteiger partial charge is 0.138 e. The van der Waals surface area contributed by atoms with Crippen LogP contribution < -0.4 is 5.32 Å². The Morgan fingerprint density at radius 1 is 1.56 bits per heavy atom. The molecule has 0 bridgehead atoms. The molecule has 1 rings (SSSR count). The highest BCUT2D eigenvalue weighted by atomic mass is 19.1. The minimum Gasteiger partial charge on any atom is -0.390 e. The molecule has 1 aliphatic rings. The molecule has 2 atom stereocenters. The van der Waals surface area contributed by atoms with Crippen molar-refractivity contribution in [1.82, 2.24) is 5.32 Å². The van der Waals surface area contributed by atoms with Gasteiger partial charge in [-0.25, -0.2) is 4.39 Å². The molecule has 1 aliphatic heterocycles. The first-order valence-corrected chi connectivity index (χ1v) is 3.33. The predicted molar refractivity (Wildman–Crippen MR) is 33.0 cm³/mol. The maximum absolute atomic E-state index is 12.5. The van der Waals surface area contributed by atoms with Crippen LogP contribution in [0.4, 0.5) is 4.39 Å². The lowest BCUT2D eigenvalue weighted by Gasteiger charge is -2.09. The van der Waals surface area contributed by atoms with Gasteiger partial charge in [-0.1, -0.05) is 0 Å². The molecule has 0 aromatic carbocycles. The second kappa shape index (κ2) is 3.13. The van der Waals surface area contributed by atoms with Crippen molar-refractivity contribution < 1.29 is 9.50 Å². The van der Waals surface area contributed by atoms with E-state index >= 15 is 0 Å². The highest BCUT2D eigenvalue weighted by molar-refractivity contribution is 4.73. The van der Waals surface area contributed by atoms with Crippen LogP contribution >= 0.6 is 0 Å². The fourth-order valence-corrected chi connectivity index (χ4v) is 0.993. The molecular weight excluding hydrogens is 121 g/mol. The normalized spacial score (nSPS) is 38.0. The summed E-state index contributed by atoms with van der Waals surface area (Å²) >= 11 is 0. The summed E-state index contributed by atoms with van der Waals surface area (Å²) in [4.78, 5) is 0. The van der Waals surface area contributed by atoms with Crippen molar-refractivity contribution in [2.75, 3.05) is 13.1 Å². The van der Waals surface area contributed by atoms with Crippen molar-refractivity contribution in [3.63, 3.8) is 0 Å².